The fourth-order valence-electron chi connectivity index (χ4n) is 4.25. The average Bonchev–Trinajstić information content (AvgIpc) is 2.84. The number of hydrogen-bond acceptors (Lipinski definition) is 6. The maximum Gasteiger partial charge on any atom is 0.410 e. The number of ether oxygens (including phenoxy) is 2. The molecule has 5 rings (SSSR count). The van der Waals surface area contributed by atoms with E-state index in [1.165, 1.54) is 0 Å². The van der Waals surface area contributed by atoms with E-state index in [2.05, 4.69) is 9.97 Å². The monoisotopic (exact) mass is 487 g/mol. The van der Waals surface area contributed by atoms with E-state index in [0.717, 1.165) is 28.5 Å². The number of carbonyl (C=O) groups is 2. The highest BCUT2D eigenvalue weighted by molar-refractivity contribution is 6.02. The van der Waals surface area contributed by atoms with Crippen molar-refractivity contribution in [3.05, 3.63) is 76.7 Å². The van der Waals surface area contributed by atoms with Crippen molar-refractivity contribution in [1.29, 1.82) is 0 Å². The van der Waals surface area contributed by atoms with Crippen LogP contribution in [0.25, 0.3) is 17.5 Å². The minimum atomic E-state index is -0.686. The molecule has 0 saturated carbocycles. The number of carbonyl (C=O) groups excluding carboxylic acids is 2. The molecule has 2 aliphatic rings. The molecule has 0 bridgehead atoms. The van der Waals surface area contributed by atoms with Gasteiger partial charge in [0, 0.05) is 30.6 Å². The van der Waals surface area contributed by atoms with Gasteiger partial charge in [-0.1, -0.05) is 24.3 Å². The van der Waals surface area contributed by atoms with Gasteiger partial charge in [0.05, 0.1) is 6.20 Å². The van der Waals surface area contributed by atoms with Gasteiger partial charge < -0.3 is 14.4 Å². The smallest absolute Gasteiger partial charge is 0.410 e. The summed E-state index contributed by atoms with van der Waals surface area (Å²) in [6, 6.07) is 10.8. The number of nitrogens with zero attached hydrogens (tertiary/aromatic N) is 3. The molecule has 0 atom stereocenters. The zero-order chi connectivity index (χ0) is 25.4. The van der Waals surface area contributed by atoms with Crippen molar-refractivity contribution in [3.63, 3.8) is 0 Å². The number of benzene rings is 2. The van der Waals surface area contributed by atoms with Crippen molar-refractivity contribution in [2.75, 3.05) is 6.54 Å². The van der Waals surface area contributed by atoms with E-state index in [9.17, 15) is 14.0 Å². The molecule has 2 aromatic carbocycles. The Kier molecular flexibility index (Phi) is 6.04. The largest absolute Gasteiger partial charge is 0.444 e. The molecule has 1 aliphatic carbocycles. The molecule has 1 amide bonds. The summed E-state index contributed by atoms with van der Waals surface area (Å²) in [5, 5.41) is 0. The lowest BCUT2D eigenvalue weighted by Gasteiger charge is -2.31. The van der Waals surface area contributed by atoms with Crippen molar-refractivity contribution in [3.8, 4) is 23.0 Å². The molecule has 0 fully saturated rings. The third kappa shape index (κ3) is 4.98. The number of fused-ring (bicyclic) bond motifs is 2. The fraction of sp³-hybridized carbons (Fsp3) is 0.286. The number of Topliss-reactive ketones (excluding diaryl/α,β-unsaturated/α-hetero) is 1. The van der Waals surface area contributed by atoms with Gasteiger partial charge >= 0.3 is 6.09 Å². The van der Waals surface area contributed by atoms with Gasteiger partial charge in [0.2, 0.25) is 5.82 Å². The van der Waals surface area contributed by atoms with Gasteiger partial charge in [0.1, 0.15) is 11.4 Å². The Morgan fingerprint density at radius 3 is 2.75 bits per heavy atom. The topological polar surface area (TPSA) is 81.6 Å². The van der Waals surface area contributed by atoms with Crippen LogP contribution in [0.2, 0.25) is 0 Å². The zero-order valence-electron chi connectivity index (χ0n) is 20.4. The van der Waals surface area contributed by atoms with E-state index < -0.39 is 11.4 Å². The third-order valence-corrected chi connectivity index (χ3v) is 5.98. The maximum absolute atomic E-state index is 14.5. The van der Waals surface area contributed by atoms with E-state index in [1.54, 1.807) is 29.2 Å². The summed E-state index contributed by atoms with van der Waals surface area (Å²) in [4.78, 5) is 34.6. The predicted octanol–water partition coefficient (Wildman–Crippen LogP) is 5.97. The predicted molar refractivity (Wildman–Crippen MR) is 132 cm³/mol. The second-order valence-corrected chi connectivity index (χ2v) is 9.86. The molecule has 3 aromatic rings. The van der Waals surface area contributed by atoms with Gasteiger partial charge in [-0.05, 0) is 68.1 Å². The van der Waals surface area contributed by atoms with Crippen LogP contribution in [-0.4, -0.2) is 38.9 Å². The molecule has 8 heteroatoms. The summed E-state index contributed by atoms with van der Waals surface area (Å²) in [7, 11) is 0. The van der Waals surface area contributed by atoms with Crippen LogP contribution >= 0.6 is 0 Å². The molecule has 0 unspecified atom stereocenters. The Bertz CT molecular complexity index is 1390. The molecule has 0 N–H and O–H groups in total. The molecule has 36 heavy (non-hydrogen) atoms. The fourth-order valence-corrected chi connectivity index (χ4v) is 4.25. The molecule has 1 aliphatic heterocycles. The number of hydrogen-bond donors (Lipinski definition) is 0. The van der Waals surface area contributed by atoms with Crippen LogP contribution in [0.4, 0.5) is 9.18 Å². The van der Waals surface area contributed by atoms with E-state index in [0.29, 0.717) is 43.1 Å². The Hall–Kier alpha value is -4.07. The Morgan fingerprint density at radius 1 is 1.11 bits per heavy atom. The first-order valence-electron chi connectivity index (χ1n) is 11.8. The van der Waals surface area contributed by atoms with Gasteiger partial charge in [-0.15, -0.1) is 0 Å². The molecule has 0 saturated heterocycles. The SMILES string of the molecule is CC(C)(C)OC(=O)N1CCc2cc(-c3ncc(F)c(Oc4ccc5c(c4)C=CCC5=O)n3)ccc2C1. The maximum atomic E-state index is 14.5. The highest BCUT2D eigenvalue weighted by Gasteiger charge is 2.26. The molecule has 1 aromatic heterocycles. The Balaban J connectivity index is 1.35. The number of rotatable bonds is 3. The number of halogens is 1. The molecule has 184 valence electrons. The van der Waals surface area contributed by atoms with E-state index >= 15 is 0 Å². The third-order valence-electron chi connectivity index (χ3n) is 5.98. The van der Waals surface area contributed by atoms with Crippen molar-refractivity contribution in [2.24, 2.45) is 0 Å². The lowest BCUT2D eigenvalue weighted by atomic mass is 9.96. The lowest BCUT2D eigenvalue weighted by Crippen LogP contribution is -2.39. The van der Waals surface area contributed by atoms with Crippen molar-refractivity contribution < 1.29 is 23.5 Å². The number of allylic oxidation sites excluding steroid dienone is 1. The van der Waals surface area contributed by atoms with Crippen LogP contribution < -0.4 is 4.74 Å². The first kappa shape index (κ1) is 23.7. The van der Waals surface area contributed by atoms with Gasteiger partial charge in [0.25, 0.3) is 5.88 Å². The van der Waals surface area contributed by atoms with Gasteiger partial charge in [0.15, 0.2) is 11.6 Å². The molecule has 2 heterocycles. The molecular weight excluding hydrogens is 461 g/mol. The summed E-state index contributed by atoms with van der Waals surface area (Å²) in [6.45, 7) is 6.54. The lowest BCUT2D eigenvalue weighted by molar-refractivity contribution is 0.0224. The van der Waals surface area contributed by atoms with Gasteiger partial charge in [-0.25, -0.2) is 9.78 Å². The molecule has 7 nitrogen and oxygen atoms in total. The zero-order valence-corrected chi connectivity index (χ0v) is 20.4. The van der Waals surface area contributed by atoms with Crippen LogP contribution in [0.15, 0.2) is 48.7 Å². The summed E-state index contributed by atoms with van der Waals surface area (Å²) >= 11 is 0. The van der Waals surface area contributed by atoms with Gasteiger partial charge in [-0.2, -0.15) is 9.37 Å². The minimum Gasteiger partial charge on any atom is -0.444 e. The van der Waals surface area contributed by atoms with E-state index in [1.807, 2.05) is 45.0 Å². The van der Waals surface area contributed by atoms with E-state index in [4.69, 9.17) is 9.47 Å². The molecule has 0 radical (unpaired) electrons. The Morgan fingerprint density at radius 2 is 1.94 bits per heavy atom. The summed E-state index contributed by atoms with van der Waals surface area (Å²) in [5.41, 5.74) is 3.62. The van der Waals surface area contributed by atoms with Crippen LogP contribution in [0, 0.1) is 5.82 Å². The standard InChI is InChI=1S/C28H26FN3O4/c1-28(2,3)36-27(34)32-12-11-17-13-19(7-8-20(17)16-32)25-30-15-23(29)26(31-25)35-21-9-10-22-18(14-21)5-4-6-24(22)33/h4-5,7-10,13-15H,6,11-12,16H2,1-3H3. The number of aromatic nitrogens is 2. The summed E-state index contributed by atoms with van der Waals surface area (Å²) < 4.78 is 25.7. The van der Waals surface area contributed by atoms with Crippen molar-refractivity contribution in [1.82, 2.24) is 14.9 Å². The van der Waals surface area contributed by atoms with Crippen LogP contribution in [0.1, 0.15) is 54.2 Å². The average molecular weight is 488 g/mol. The summed E-state index contributed by atoms with van der Waals surface area (Å²) in [5.74, 6) is -0.133. The van der Waals surface area contributed by atoms with Crippen molar-refractivity contribution >= 4 is 18.0 Å². The summed E-state index contributed by atoms with van der Waals surface area (Å²) in [6.07, 6.45) is 5.43. The van der Waals surface area contributed by atoms with Crippen LogP contribution in [-0.2, 0) is 17.7 Å². The molecule has 0 spiro atoms. The van der Waals surface area contributed by atoms with E-state index in [-0.39, 0.29) is 17.8 Å². The van der Waals surface area contributed by atoms with Crippen molar-refractivity contribution in [2.45, 2.75) is 45.8 Å². The highest BCUT2D eigenvalue weighted by Crippen LogP contribution is 2.30. The second kappa shape index (κ2) is 9.18. The first-order chi connectivity index (χ1) is 17.2. The molecular formula is C28H26FN3O4. The van der Waals surface area contributed by atoms with Crippen LogP contribution in [0.5, 0.6) is 11.6 Å². The minimum absolute atomic E-state index is 0.0381. The van der Waals surface area contributed by atoms with Crippen LogP contribution in [0.3, 0.4) is 0 Å². The second-order valence-electron chi connectivity index (χ2n) is 9.86. The first-order valence-corrected chi connectivity index (χ1v) is 11.8. The quantitative estimate of drug-likeness (QED) is 0.453. The highest BCUT2D eigenvalue weighted by atomic mass is 19.1. The normalized spacial score (nSPS) is 14.8. The van der Waals surface area contributed by atoms with Gasteiger partial charge in [-0.3, -0.25) is 4.79 Å². The Labute approximate surface area is 208 Å². The number of amides is 1. The number of ketones is 1.